The summed E-state index contributed by atoms with van der Waals surface area (Å²) in [6.45, 7) is 4.26. The van der Waals surface area contributed by atoms with Crippen molar-refractivity contribution in [2.75, 3.05) is 6.61 Å². The van der Waals surface area contributed by atoms with Crippen molar-refractivity contribution in [2.24, 2.45) is 5.92 Å². The van der Waals surface area contributed by atoms with Gasteiger partial charge in [-0.1, -0.05) is 19.9 Å². The molecule has 1 N–H and O–H groups in total. The van der Waals surface area contributed by atoms with Crippen LogP contribution in [0, 0.1) is 28.9 Å². The molecule has 0 aliphatic rings. The molecule has 1 aromatic carbocycles. The van der Waals surface area contributed by atoms with Gasteiger partial charge in [0, 0.05) is 0 Å². The second-order valence-corrected chi connectivity index (χ2v) is 5.19. The summed E-state index contributed by atoms with van der Waals surface area (Å²) in [5, 5.41) is 11.5. The third-order valence-corrected chi connectivity index (χ3v) is 3.29. The van der Waals surface area contributed by atoms with Gasteiger partial charge in [-0.3, -0.25) is 4.79 Å². The summed E-state index contributed by atoms with van der Waals surface area (Å²) in [5.74, 6) is -4.35. The number of benzene rings is 1. The van der Waals surface area contributed by atoms with E-state index in [0.717, 1.165) is 18.2 Å². The number of rotatable bonds is 5. The number of nitriles is 1. The van der Waals surface area contributed by atoms with Gasteiger partial charge in [-0.25, -0.2) is 13.6 Å². The quantitative estimate of drug-likeness (QED) is 0.845. The SMILES string of the molecule is CC(C)[C@](C)(C#N)NC(=O)COC(=O)c1c(F)cccc1F. The van der Waals surface area contributed by atoms with Crippen molar-refractivity contribution >= 4 is 11.9 Å². The van der Waals surface area contributed by atoms with Gasteiger partial charge in [0.1, 0.15) is 22.7 Å². The second-order valence-electron chi connectivity index (χ2n) is 5.19. The van der Waals surface area contributed by atoms with Crippen molar-refractivity contribution in [1.82, 2.24) is 5.32 Å². The van der Waals surface area contributed by atoms with E-state index in [4.69, 9.17) is 5.26 Å². The van der Waals surface area contributed by atoms with Crippen LogP contribution in [-0.4, -0.2) is 24.0 Å². The molecule has 0 unspecified atom stereocenters. The van der Waals surface area contributed by atoms with E-state index in [1.54, 1.807) is 13.8 Å². The van der Waals surface area contributed by atoms with Crippen LogP contribution in [0.1, 0.15) is 31.1 Å². The molecule has 1 aromatic rings. The number of nitrogens with zero attached hydrogens (tertiary/aromatic N) is 1. The standard InChI is InChI=1S/C15H16F2N2O3/c1-9(2)15(3,8-18)19-12(20)7-22-14(21)13-10(16)5-4-6-11(13)17/h4-6,9H,7H2,1-3H3,(H,19,20)/t15-/m0/s1. The lowest BCUT2D eigenvalue weighted by Gasteiger charge is -2.27. The summed E-state index contributed by atoms with van der Waals surface area (Å²) in [4.78, 5) is 23.3. The number of hydrogen-bond acceptors (Lipinski definition) is 4. The topological polar surface area (TPSA) is 79.2 Å². The lowest BCUT2D eigenvalue weighted by Crippen LogP contribution is -2.50. The maximum Gasteiger partial charge on any atom is 0.344 e. The first-order chi connectivity index (χ1) is 10.2. The van der Waals surface area contributed by atoms with Gasteiger partial charge >= 0.3 is 5.97 Å². The molecule has 0 aromatic heterocycles. The summed E-state index contributed by atoms with van der Waals surface area (Å²) in [6, 6.07) is 4.88. The van der Waals surface area contributed by atoms with Crippen molar-refractivity contribution in [3.63, 3.8) is 0 Å². The molecule has 0 saturated heterocycles. The molecule has 0 heterocycles. The molecule has 0 fully saturated rings. The van der Waals surface area contributed by atoms with Crippen molar-refractivity contribution in [1.29, 1.82) is 5.26 Å². The second kappa shape index (κ2) is 6.98. The van der Waals surface area contributed by atoms with Crippen molar-refractivity contribution < 1.29 is 23.1 Å². The molecule has 1 rings (SSSR count). The summed E-state index contributed by atoms with van der Waals surface area (Å²) in [6.07, 6.45) is 0. The average Bonchev–Trinajstić information content (AvgIpc) is 2.44. The Morgan fingerprint density at radius 1 is 1.36 bits per heavy atom. The van der Waals surface area contributed by atoms with E-state index < -0.39 is 41.2 Å². The maximum absolute atomic E-state index is 13.4. The molecule has 0 spiro atoms. The third kappa shape index (κ3) is 4.01. The van der Waals surface area contributed by atoms with Crippen molar-refractivity contribution in [3.05, 3.63) is 35.4 Å². The summed E-state index contributed by atoms with van der Waals surface area (Å²) >= 11 is 0. The fourth-order valence-corrected chi connectivity index (χ4v) is 1.52. The molecule has 5 nitrogen and oxygen atoms in total. The predicted octanol–water partition coefficient (Wildman–Crippen LogP) is 2.18. The van der Waals surface area contributed by atoms with E-state index in [1.165, 1.54) is 6.92 Å². The first-order valence-electron chi connectivity index (χ1n) is 6.54. The van der Waals surface area contributed by atoms with Crippen LogP contribution in [0.3, 0.4) is 0 Å². The Hall–Kier alpha value is -2.49. The van der Waals surface area contributed by atoms with Gasteiger partial charge in [-0.15, -0.1) is 0 Å². The van der Waals surface area contributed by atoms with Crippen LogP contribution < -0.4 is 5.32 Å². The van der Waals surface area contributed by atoms with Gasteiger partial charge in [-0.2, -0.15) is 5.26 Å². The zero-order chi connectivity index (χ0) is 16.9. The largest absolute Gasteiger partial charge is 0.452 e. The normalized spacial score (nSPS) is 13.1. The third-order valence-electron chi connectivity index (χ3n) is 3.29. The van der Waals surface area contributed by atoms with Gasteiger partial charge in [0.05, 0.1) is 6.07 Å². The predicted molar refractivity (Wildman–Crippen MR) is 73.6 cm³/mol. The molecular weight excluding hydrogens is 294 g/mol. The molecule has 7 heteroatoms. The highest BCUT2D eigenvalue weighted by Gasteiger charge is 2.30. The monoisotopic (exact) mass is 310 g/mol. The molecule has 22 heavy (non-hydrogen) atoms. The Morgan fingerprint density at radius 2 is 1.91 bits per heavy atom. The lowest BCUT2D eigenvalue weighted by molar-refractivity contribution is -0.125. The van der Waals surface area contributed by atoms with E-state index in [1.807, 2.05) is 6.07 Å². The Morgan fingerprint density at radius 3 is 2.36 bits per heavy atom. The van der Waals surface area contributed by atoms with Crippen LogP contribution >= 0.6 is 0 Å². The average molecular weight is 310 g/mol. The first kappa shape index (κ1) is 17.6. The number of hydrogen-bond donors (Lipinski definition) is 1. The number of amides is 1. The first-order valence-corrected chi connectivity index (χ1v) is 6.54. The lowest BCUT2D eigenvalue weighted by atomic mass is 9.90. The van der Waals surface area contributed by atoms with E-state index >= 15 is 0 Å². The molecule has 118 valence electrons. The van der Waals surface area contributed by atoms with E-state index in [0.29, 0.717) is 0 Å². The molecule has 0 radical (unpaired) electrons. The molecule has 0 saturated carbocycles. The number of ether oxygens (including phenoxy) is 1. The summed E-state index contributed by atoms with van der Waals surface area (Å²) in [5.41, 5.74) is -1.99. The van der Waals surface area contributed by atoms with E-state index in [2.05, 4.69) is 10.1 Å². The van der Waals surface area contributed by atoms with Crippen LogP contribution in [0.2, 0.25) is 0 Å². The molecular formula is C15H16F2N2O3. The van der Waals surface area contributed by atoms with Crippen molar-refractivity contribution in [2.45, 2.75) is 26.3 Å². The van der Waals surface area contributed by atoms with Crippen molar-refractivity contribution in [3.8, 4) is 6.07 Å². The Kier molecular flexibility index (Phi) is 5.57. The smallest absolute Gasteiger partial charge is 0.344 e. The van der Waals surface area contributed by atoms with Crippen LogP contribution in [0.5, 0.6) is 0 Å². The van der Waals surface area contributed by atoms with Crippen LogP contribution in [0.25, 0.3) is 0 Å². The highest BCUT2D eigenvalue weighted by atomic mass is 19.1. The number of esters is 1. The zero-order valence-corrected chi connectivity index (χ0v) is 12.4. The fourth-order valence-electron chi connectivity index (χ4n) is 1.52. The minimum absolute atomic E-state index is 0.179. The summed E-state index contributed by atoms with van der Waals surface area (Å²) < 4.78 is 31.3. The minimum Gasteiger partial charge on any atom is -0.452 e. The zero-order valence-electron chi connectivity index (χ0n) is 12.4. The van der Waals surface area contributed by atoms with Gasteiger partial charge in [0.2, 0.25) is 0 Å². The number of carbonyl (C=O) groups excluding carboxylic acids is 2. The Labute approximate surface area is 126 Å². The van der Waals surface area contributed by atoms with Crippen LogP contribution in [-0.2, 0) is 9.53 Å². The number of halogens is 2. The number of carbonyl (C=O) groups is 2. The van der Waals surface area contributed by atoms with Gasteiger partial charge in [0.25, 0.3) is 5.91 Å². The minimum atomic E-state index is -1.28. The van der Waals surface area contributed by atoms with Gasteiger partial charge in [-0.05, 0) is 25.0 Å². The van der Waals surface area contributed by atoms with E-state index in [9.17, 15) is 18.4 Å². The molecule has 1 atom stereocenters. The molecule has 1 amide bonds. The Bertz CT molecular complexity index is 605. The highest BCUT2D eigenvalue weighted by Crippen LogP contribution is 2.15. The van der Waals surface area contributed by atoms with Crippen LogP contribution in [0.4, 0.5) is 8.78 Å². The Balaban J connectivity index is 2.69. The molecule has 0 aliphatic carbocycles. The number of nitrogens with one attached hydrogen (secondary N) is 1. The molecule has 0 aliphatic heterocycles. The van der Waals surface area contributed by atoms with E-state index in [-0.39, 0.29) is 5.92 Å². The maximum atomic E-state index is 13.4. The summed E-state index contributed by atoms with van der Waals surface area (Å²) in [7, 11) is 0. The molecule has 0 bridgehead atoms. The van der Waals surface area contributed by atoms with Crippen LogP contribution in [0.15, 0.2) is 18.2 Å². The fraction of sp³-hybridized carbons (Fsp3) is 0.400. The van der Waals surface area contributed by atoms with Gasteiger partial charge in [0.15, 0.2) is 6.61 Å². The van der Waals surface area contributed by atoms with Gasteiger partial charge < -0.3 is 10.1 Å². The highest BCUT2D eigenvalue weighted by molar-refractivity contribution is 5.92.